The molecular weight excluding hydrogens is 220 g/mol. The molecule has 0 aliphatic heterocycles. The van der Waals surface area contributed by atoms with E-state index in [-0.39, 0.29) is 0 Å². The Bertz CT molecular complexity index is 330. The van der Waals surface area contributed by atoms with Crippen LogP contribution in [0.15, 0.2) is 18.2 Å². The molecule has 0 amide bonds. The van der Waals surface area contributed by atoms with Crippen LogP contribution >= 0.6 is 0 Å². The zero-order valence-electron chi connectivity index (χ0n) is 12.3. The Morgan fingerprint density at radius 2 is 1.50 bits per heavy atom. The Hall–Kier alpha value is -0.980. The van der Waals surface area contributed by atoms with Crippen molar-refractivity contribution < 1.29 is 4.74 Å². The fraction of sp³-hybridized carbons (Fsp3) is 0.647. The van der Waals surface area contributed by atoms with Crippen molar-refractivity contribution in [2.75, 3.05) is 6.61 Å². The van der Waals surface area contributed by atoms with E-state index in [2.05, 4.69) is 39.0 Å². The van der Waals surface area contributed by atoms with Gasteiger partial charge < -0.3 is 4.74 Å². The molecule has 0 saturated carbocycles. The van der Waals surface area contributed by atoms with E-state index in [0.717, 1.165) is 12.4 Å². The van der Waals surface area contributed by atoms with Crippen molar-refractivity contribution in [1.29, 1.82) is 0 Å². The zero-order chi connectivity index (χ0) is 13.2. The lowest BCUT2D eigenvalue weighted by Gasteiger charge is -2.08. The molecule has 1 rings (SSSR count). The summed E-state index contributed by atoms with van der Waals surface area (Å²) in [7, 11) is 0. The predicted molar refractivity (Wildman–Crippen MR) is 79.4 cm³/mol. The molecule has 0 aliphatic rings. The van der Waals surface area contributed by atoms with E-state index in [1.54, 1.807) is 0 Å². The van der Waals surface area contributed by atoms with Gasteiger partial charge in [0.25, 0.3) is 0 Å². The number of benzene rings is 1. The number of hydrogen-bond acceptors (Lipinski definition) is 1. The highest BCUT2D eigenvalue weighted by Gasteiger charge is 1.97. The maximum Gasteiger partial charge on any atom is 0.119 e. The normalized spacial score (nSPS) is 10.6. The van der Waals surface area contributed by atoms with Gasteiger partial charge in [-0.3, -0.25) is 0 Å². The van der Waals surface area contributed by atoms with E-state index in [1.165, 1.54) is 56.1 Å². The highest BCUT2D eigenvalue weighted by atomic mass is 16.5. The molecule has 0 aromatic heterocycles. The smallest absolute Gasteiger partial charge is 0.119 e. The van der Waals surface area contributed by atoms with Crippen molar-refractivity contribution in [3.8, 4) is 5.75 Å². The summed E-state index contributed by atoms with van der Waals surface area (Å²) in [6.07, 6.45) is 9.34. The minimum atomic E-state index is 0.857. The lowest BCUT2D eigenvalue weighted by atomic mass is 10.1. The summed E-state index contributed by atoms with van der Waals surface area (Å²) in [4.78, 5) is 0. The second-order valence-corrected chi connectivity index (χ2v) is 5.22. The number of aryl methyl sites for hydroxylation is 2. The average molecular weight is 248 g/mol. The zero-order valence-corrected chi connectivity index (χ0v) is 12.3. The van der Waals surface area contributed by atoms with Crippen molar-refractivity contribution in [3.63, 3.8) is 0 Å². The molecule has 0 radical (unpaired) electrons. The number of hydrogen-bond donors (Lipinski definition) is 0. The fourth-order valence-electron chi connectivity index (χ4n) is 2.05. The van der Waals surface area contributed by atoms with Gasteiger partial charge in [-0.15, -0.1) is 0 Å². The van der Waals surface area contributed by atoms with E-state index in [9.17, 15) is 0 Å². The molecule has 0 unspecified atom stereocenters. The highest BCUT2D eigenvalue weighted by Crippen LogP contribution is 2.17. The van der Waals surface area contributed by atoms with E-state index in [0.29, 0.717) is 0 Å². The van der Waals surface area contributed by atoms with Crippen LogP contribution in [-0.2, 0) is 0 Å². The largest absolute Gasteiger partial charge is 0.494 e. The summed E-state index contributed by atoms with van der Waals surface area (Å²) >= 11 is 0. The van der Waals surface area contributed by atoms with Crippen molar-refractivity contribution in [2.45, 2.75) is 65.7 Å². The Balaban J connectivity index is 2.05. The van der Waals surface area contributed by atoms with Gasteiger partial charge in [0.15, 0.2) is 0 Å². The Morgan fingerprint density at radius 3 is 2.17 bits per heavy atom. The van der Waals surface area contributed by atoms with E-state index < -0.39 is 0 Å². The Kier molecular flexibility index (Phi) is 7.55. The van der Waals surface area contributed by atoms with Gasteiger partial charge in [-0.2, -0.15) is 0 Å². The lowest BCUT2D eigenvalue weighted by molar-refractivity contribution is 0.304. The molecule has 1 nitrogen and oxygen atoms in total. The van der Waals surface area contributed by atoms with Gasteiger partial charge in [0.2, 0.25) is 0 Å². The number of rotatable bonds is 9. The quantitative estimate of drug-likeness (QED) is 0.529. The second-order valence-electron chi connectivity index (χ2n) is 5.22. The molecule has 1 aromatic carbocycles. The van der Waals surface area contributed by atoms with Crippen molar-refractivity contribution in [2.24, 2.45) is 0 Å². The molecule has 1 aromatic rings. The van der Waals surface area contributed by atoms with Crippen LogP contribution in [0.4, 0.5) is 0 Å². The van der Waals surface area contributed by atoms with E-state index in [1.807, 2.05) is 0 Å². The monoisotopic (exact) mass is 248 g/mol. The summed E-state index contributed by atoms with van der Waals surface area (Å²) in [5.74, 6) is 1.02. The lowest BCUT2D eigenvalue weighted by Crippen LogP contribution is -1.97. The molecule has 0 atom stereocenters. The molecule has 0 heterocycles. The molecule has 1 heteroatoms. The highest BCUT2D eigenvalue weighted by molar-refractivity contribution is 5.33. The summed E-state index contributed by atoms with van der Waals surface area (Å²) < 4.78 is 5.77. The SMILES string of the molecule is CCCCCCCCCOc1ccc(C)c(C)c1. The molecule has 0 saturated heterocycles. The Morgan fingerprint density at radius 1 is 0.833 bits per heavy atom. The first kappa shape index (κ1) is 15.1. The topological polar surface area (TPSA) is 9.23 Å². The maximum absolute atomic E-state index is 5.77. The van der Waals surface area contributed by atoms with Crippen LogP contribution < -0.4 is 4.74 Å². The first-order chi connectivity index (χ1) is 8.74. The second kappa shape index (κ2) is 9.02. The molecule has 18 heavy (non-hydrogen) atoms. The molecule has 0 bridgehead atoms. The van der Waals surface area contributed by atoms with Gasteiger partial charge in [0.05, 0.1) is 6.61 Å². The van der Waals surface area contributed by atoms with Gasteiger partial charge >= 0.3 is 0 Å². The van der Waals surface area contributed by atoms with Gasteiger partial charge in [-0.05, 0) is 43.5 Å². The van der Waals surface area contributed by atoms with Crippen LogP contribution in [0.2, 0.25) is 0 Å². The van der Waals surface area contributed by atoms with Crippen molar-refractivity contribution in [1.82, 2.24) is 0 Å². The molecular formula is C17H28O. The van der Waals surface area contributed by atoms with Crippen molar-refractivity contribution in [3.05, 3.63) is 29.3 Å². The minimum absolute atomic E-state index is 0.857. The molecule has 0 fully saturated rings. The first-order valence-corrected chi connectivity index (χ1v) is 7.44. The van der Waals surface area contributed by atoms with Crippen LogP contribution in [0.3, 0.4) is 0 Å². The van der Waals surface area contributed by atoms with Crippen LogP contribution in [0.25, 0.3) is 0 Å². The van der Waals surface area contributed by atoms with Gasteiger partial charge in [0.1, 0.15) is 5.75 Å². The summed E-state index contributed by atoms with van der Waals surface area (Å²) in [5.41, 5.74) is 2.64. The third-order valence-electron chi connectivity index (χ3n) is 3.49. The standard InChI is InChI=1S/C17H28O/c1-4-5-6-7-8-9-10-13-18-17-12-11-15(2)16(3)14-17/h11-12,14H,4-10,13H2,1-3H3. The average Bonchev–Trinajstić information content (AvgIpc) is 2.37. The van der Waals surface area contributed by atoms with Crippen molar-refractivity contribution >= 4 is 0 Å². The van der Waals surface area contributed by atoms with Gasteiger partial charge in [0, 0.05) is 0 Å². The molecule has 102 valence electrons. The third kappa shape index (κ3) is 6.09. The molecule has 0 aliphatic carbocycles. The summed E-state index contributed by atoms with van der Waals surface area (Å²) in [6, 6.07) is 6.34. The minimum Gasteiger partial charge on any atom is -0.494 e. The predicted octanol–water partition coefficient (Wildman–Crippen LogP) is 5.43. The van der Waals surface area contributed by atoms with E-state index in [4.69, 9.17) is 4.74 Å². The van der Waals surface area contributed by atoms with Gasteiger partial charge in [-0.1, -0.05) is 51.5 Å². The van der Waals surface area contributed by atoms with Crippen LogP contribution in [0, 0.1) is 13.8 Å². The summed E-state index contributed by atoms with van der Waals surface area (Å²) in [6.45, 7) is 7.39. The Labute approximate surface area is 113 Å². The van der Waals surface area contributed by atoms with Crippen LogP contribution in [0.5, 0.6) is 5.75 Å². The van der Waals surface area contributed by atoms with Crippen LogP contribution in [-0.4, -0.2) is 6.61 Å². The molecule has 0 spiro atoms. The summed E-state index contributed by atoms with van der Waals surface area (Å²) in [5, 5.41) is 0. The van der Waals surface area contributed by atoms with E-state index >= 15 is 0 Å². The first-order valence-electron chi connectivity index (χ1n) is 7.44. The number of ether oxygens (including phenoxy) is 1. The van der Waals surface area contributed by atoms with Gasteiger partial charge in [-0.25, -0.2) is 0 Å². The number of unbranched alkanes of at least 4 members (excludes halogenated alkanes) is 6. The third-order valence-corrected chi connectivity index (χ3v) is 3.49. The maximum atomic E-state index is 5.77. The van der Waals surface area contributed by atoms with Crippen LogP contribution in [0.1, 0.15) is 63.0 Å². The molecule has 0 N–H and O–H groups in total. The fourth-order valence-corrected chi connectivity index (χ4v) is 2.05.